The molecule has 3 N–H and O–H groups in total. The maximum absolute atomic E-state index is 12.1. The van der Waals surface area contributed by atoms with Crippen molar-refractivity contribution in [1.82, 2.24) is 5.32 Å². The summed E-state index contributed by atoms with van der Waals surface area (Å²) < 4.78 is 0. The Hall–Kier alpha value is -1.84. The zero-order valence-electron chi connectivity index (χ0n) is 14.3. The lowest BCUT2D eigenvalue weighted by Gasteiger charge is -2.19. The fourth-order valence-electron chi connectivity index (χ4n) is 2.81. The Balaban J connectivity index is 1.77. The van der Waals surface area contributed by atoms with Crippen LogP contribution in [0.4, 0.5) is 0 Å². The van der Waals surface area contributed by atoms with Gasteiger partial charge in [0.1, 0.15) is 6.04 Å². The van der Waals surface area contributed by atoms with Crippen molar-refractivity contribution in [2.45, 2.75) is 26.3 Å². The fraction of sp³-hybridized carbons (Fsp3) is 0.350. The fourth-order valence-corrected chi connectivity index (χ4v) is 3.03. The van der Waals surface area contributed by atoms with Crippen LogP contribution in [0.3, 0.4) is 0 Å². The molecule has 0 saturated heterocycles. The lowest BCUT2D eigenvalue weighted by Crippen LogP contribution is -2.88. The van der Waals surface area contributed by atoms with Crippen LogP contribution >= 0.6 is 11.6 Å². The van der Waals surface area contributed by atoms with Crippen LogP contribution in [0.2, 0.25) is 5.02 Å². The van der Waals surface area contributed by atoms with E-state index >= 15 is 0 Å². The van der Waals surface area contributed by atoms with E-state index < -0.39 is 0 Å². The molecule has 1 atom stereocenters. The molecule has 0 radical (unpaired) electrons. The molecular formula is C20H26ClN2O+. The van der Waals surface area contributed by atoms with Gasteiger partial charge in [0.25, 0.3) is 5.91 Å². The van der Waals surface area contributed by atoms with E-state index in [0.717, 1.165) is 17.0 Å². The number of carbonyl (C=O) groups is 1. The molecular weight excluding hydrogens is 320 g/mol. The number of amides is 1. The molecule has 0 aromatic heterocycles. The topological polar surface area (TPSA) is 45.7 Å². The van der Waals surface area contributed by atoms with Gasteiger partial charge in [0, 0.05) is 23.0 Å². The van der Waals surface area contributed by atoms with Crippen molar-refractivity contribution >= 4 is 17.5 Å². The molecule has 2 aromatic rings. The number of quaternary nitrogens is 1. The Bertz CT molecular complexity index is 643. The third-order valence-corrected chi connectivity index (χ3v) is 4.32. The molecule has 1 amide bonds. The molecule has 0 aliphatic rings. The van der Waals surface area contributed by atoms with Gasteiger partial charge < -0.3 is 10.6 Å². The summed E-state index contributed by atoms with van der Waals surface area (Å²) in [6.45, 7) is 5.44. The average Bonchev–Trinajstić information content (AvgIpc) is 2.56. The highest BCUT2D eigenvalue weighted by atomic mass is 35.5. The summed E-state index contributed by atoms with van der Waals surface area (Å²) >= 11 is 5.97. The van der Waals surface area contributed by atoms with Crippen LogP contribution in [0.25, 0.3) is 0 Å². The van der Waals surface area contributed by atoms with Gasteiger partial charge in [0.2, 0.25) is 0 Å². The first-order chi connectivity index (χ1) is 11.6. The van der Waals surface area contributed by atoms with E-state index in [1.54, 1.807) is 0 Å². The van der Waals surface area contributed by atoms with Crippen LogP contribution in [0.15, 0.2) is 54.6 Å². The van der Waals surface area contributed by atoms with E-state index in [1.807, 2.05) is 42.5 Å². The van der Waals surface area contributed by atoms with E-state index in [9.17, 15) is 4.79 Å². The smallest absolute Gasteiger partial charge is 0.275 e. The quantitative estimate of drug-likeness (QED) is 0.759. The van der Waals surface area contributed by atoms with Crippen LogP contribution in [0.1, 0.15) is 31.0 Å². The van der Waals surface area contributed by atoms with Crippen LogP contribution in [-0.4, -0.2) is 19.0 Å². The number of nitrogens with two attached hydrogens (primary N) is 1. The molecule has 2 aromatic carbocycles. The second kappa shape index (κ2) is 9.45. The highest BCUT2D eigenvalue weighted by Gasteiger charge is 2.19. The van der Waals surface area contributed by atoms with Crippen molar-refractivity contribution in [3.05, 3.63) is 70.7 Å². The molecule has 0 heterocycles. The zero-order valence-corrected chi connectivity index (χ0v) is 15.1. The van der Waals surface area contributed by atoms with Crippen molar-refractivity contribution in [1.29, 1.82) is 0 Å². The molecule has 0 fully saturated rings. The van der Waals surface area contributed by atoms with Gasteiger partial charge in [-0.15, -0.1) is 0 Å². The minimum atomic E-state index is 0.0682. The monoisotopic (exact) mass is 345 g/mol. The number of rotatable bonds is 8. The standard InChI is InChI=1S/C20H25ClN2O/c1-15(2)20(17-8-4-3-5-9-17)23-14-19(24)22-12-11-16-7-6-10-18(21)13-16/h3-10,13,15,20,23H,11-12,14H2,1-2H3,(H,22,24)/p+1/t20-/m0/s1. The number of carbonyl (C=O) groups excluding carboxylic acids is 1. The SMILES string of the molecule is CC(C)[C@H]([NH2+]CC(=O)NCCc1cccc(Cl)c1)c1ccccc1. The molecule has 0 bridgehead atoms. The molecule has 4 heteroatoms. The first-order valence-corrected chi connectivity index (χ1v) is 8.83. The summed E-state index contributed by atoms with van der Waals surface area (Å²) in [4.78, 5) is 12.1. The molecule has 0 aliphatic carbocycles. The Morgan fingerprint density at radius 3 is 2.54 bits per heavy atom. The molecule has 0 aliphatic heterocycles. The summed E-state index contributed by atoms with van der Waals surface area (Å²) in [6.07, 6.45) is 0.790. The zero-order chi connectivity index (χ0) is 17.4. The Labute approximate surface area is 149 Å². The summed E-state index contributed by atoms with van der Waals surface area (Å²) in [7, 11) is 0. The van der Waals surface area contributed by atoms with E-state index in [1.165, 1.54) is 5.56 Å². The van der Waals surface area contributed by atoms with E-state index in [2.05, 4.69) is 36.6 Å². The summed E-state index contributed by atoms with van der Waals surface area (Å²) in [6, 6.07) is 18.4. The van der Waals surface area contributed by atoms with Gasteiger partial charge in [-0.05, 0) is 24.1 Å². The number of halogens is 1. The second-order valence-corrected chi connectivity index (χ2v) is 6.79. The highest BCUT2D eigenvalue weighted by Crippen LogP contribution is 2.16. The van der Waals surface area contributed by atoms with Crippen LogP contribution in [0.5, 0.6) is 0 Å². The molecule has 0 saturated carbocycles. The summed E-state index contributed by atoms with van der Waals surface area (Å²) in [5.74, 6) is 0.533. The largest absolute Gasteiger partial charge is 0.351 e. The molecule has 0 spiro atoms. The predicted octanol–water partition coefficient (Wildman–Crippen LogP) is 2.96. The van der Waals surface area contributed by atoms with Gasteiger partial charge in [0.05, 0.1) is 0 Å². The molecule has 24 heavy (non-hydrogen) atoms. The van der Waals surface area contributed by atoms with Gasteiger partial charge in [-0.1, -0.05) is 67.9 Å². The number of benzene rings is 2. The predicted molar refractivity (Wildman–Crippen MR) is 99.0 cm³/mol. The van der Waals surface area contributed by atoms with Crippen molar-refractivity contribution in [3.8, 4) is 0 Å². The first-order valence-electron chi connectivity index (χ1n) is 8.45. The van der Waals surface area contributed by atoms with Crippen LogP contribution < -0.4 is 10.6 Å². The van der Waals surface area contributed by atoms with Crippen molar-refractivity contribution in [3.63, 3.8) is 0 Å². The van der Waals surface area contributed by atoms with Crippen LogP contribution in [-0.2, 0) is 11.2 Å². The maximum atomic E-state index is 12.1. The minimum absolute atomic E-state index is 0.0682. The van der Waals surface area contributed by atoms with Gasteiger partial charge in [0.15, 0.2) is 6.54 Å². The van der Waals surface area contributed by atoms with Gasteiger partial charge >= 0.3 is 0 Å². The number of hydrogen-bond acceptors (Lipinski definition) is 1. The Morgan fingerprint density at radius 1 is 1.12 bits per heavy atom. The number of hydrogen-bond donors (Lipinski definition) is 2. The van der Waals surface area contributed by atoms with Crippen molar-refractivity contribution in [2.24, 2.45) is 5.92 Å². The summed E-state index contributed by atoms with van der Waals surface area (Å²) in [5, 5.41) is 5.83. The second-order valence-electron chi connectivity index (χ2n) is 6.35. The minimum Gasteiger partial charge on any atom is -0.351 e. The third kappa shape index (κ3) is 5.99. The van der Waals surface area contributed by atoms with Gasteiger partial charge in [-0.25, -0.2) is 0 Å². The van der Waals surface area contributed by atoms with Gasteiger partial charge in [-0.3, -0.25) is 4.79 Å². The van der Waals surface area contributed by atoms with E-state index in [0.29, 0.717) is 25.0 Å². The molecule has 3 nitrogen and oxygen atoms in total. The lowest BCUT2D eigenvalue weighted by atomic mass is 9.96. The van der Waals surface area contributed by atoms with Crippen LogP contribution in [0, 0.1) is 5.92 Å². The molecule has 0 unspecified atom stereocenters. The number of nitrogens with one attached hydrogen (secondary N) is 1. The first kappa shape index (κ1) is 18.5. The Kier molecular flexibility index (Phi) is 7.29. The molecule has 2 rings (SSSR count). The van der Waals surface area contributed by atoms with Crippen molar-refractivity contribution in [2.75, 3.05) is 13.1 Å². The van der Waals surface area contributed by atoms with E-state index in [-0.39, 0.29) is 5.91 Å². The Morgan fingerprint density at radius 2 is 1.88 bits per heavy atom. The third-order valence-electron chi connectivity index (χ3n) is 4.08. The van der Waals surface area contributed by atoms with E-state index in [4.69, 9.17) is 11.6 Å². The lowest BCUT2D eigenvalue weighted by molar-refractivity contribution is -0.692. The maximum Gasteiger partial charge on any atom is 0.275 e. The van der Waals surface area contributed by atoms with Crippen molar-refractivity contribution < 1.29 is 10.1 Å². The summed E-state index contributed by atoms with van der Waals surface area (Å²) in [5.41, 5.74) is 2.40. The molecule has 128 valence electrons. The average molecular weight is 346 g/mol. The van der Waals surface area contributed by atoms with Gasteiger partial charge in [-0.2, -0.15) is 0 Å². The highest BCUT2D eigenvalue weighted by molar-refractivity contribution is 6.30. The normalized spacial score (nSPS) is 12.2.